The van der Waals surface area contributed by atoms with E-state index in [-0.39, 0.29) is 0 Å². The van der Waals surface area contributed by atoms with Gasteiger partial charge < -0.3 is 14.3 Å². The molecule has 0 saturated heterocycles. The van der Waals surface area contributed by atoms with Crippen molar-refractivity contribution < 1.29 is 23.9 Å². The van der Waals surface area contributed by atoms with Crippen molar-refractivity contribution in [3.8, 4) is 0 Å². The highest BCUT2D eigenvalue weighted by Crippen LogP contribution is 2.44. The first-order chi connectivity index (χ1) is 8.99. The van der Waals surface area contributed by atoms with Gasteiger partial charge in [-0.3, -0.25) is 0 Å². The molecule has 0 aromatic heterocycles. The van der Waals surface area contributed by atoms with Gasteiger partial charge in [-0.05, 0) is 19.3 Å². The molecule has 1 heterocycles. The summed E-state index contributed by atoms with van der Waals surface area (Å²) < 4.78 is 10.7. The number of cyclic esters (lactones) is 2. The number of rotatable bonds is 6. The molecule has 0 amide bonds. The second-order valence-electron chi connectivity index (χ2n) is 4.66. The highest BCUT2D eigenvalue weighted by atomic mass is 16.7. The minimum atomic E-state index is -1.51. The maximum Gasteiger partial charge on any atom is 0.334 e. The zero-order valence-electron chi connectivity index (χ0n) is 11.6. The number of hydrogen-bond donors (Lipinski definition) is 0. The van der Waals surface area contributed by atoms with Gasteiger partial charge in [0.2, 0.25) is 0 Å². The Balaban J connectivity index is 3.32. The van der Waals surface area contributed by atoms with Gasteiger partial charge in [-0.1, -0.05) is 20.8 Å². The number of carbonyl (C=O) groups is 3. The summed E-state index contributed by atoms with van der Waals surface area (Å²) in [6.07, 6.45) is 4.57. The second-order valence-corrected chi connectivity index (χ2v) is 4.66. The predicted octanol–water partition coefficient (Wildman–Crippen LogP) is 2.14. The van der Waals surface area contributed by atoms with Crippen LogP contribution in [0.15, 0.2) is 12.2 Å². The van der Waals surface area contributed by atoms with Gasteiger partial charge in [0.05, 0.1) is 0 Å². The van der Waals surface area contributed by atoms with Gasteiger partial charge in [0, 0.05) is 18.6 Å². The van der Waals surface area contributed by atoms with Crippen LogP contribution in [0.1, 0.15) is 46.5 Å². The molecule has 1 rings (SSSR count). The summed E-state index contributed by atoms with van der Waals surface area (Å²) in [5.74, 6) is -2.83. The average Bonchev–Trinajstić information content (AvgIpc) is 2.53. The first kappa shape index (κ1) is 15.4. The fourth-order valence-corrected chi connectivity index (χ4v) is 2.48. The molecular formula is C14H20O5. The molecular weight excluding hydrogens is 248 g/mol. The van der Waals surface area contributed by atoms with Crippen LogP contribution < -0.4 is 0 Å². The molecule has 1 aliphatic rings. The first-order valence-electron chi connectivity index (χ1n) is 6.59. The van der Waals surface area contributed by atoms with Crippen LogP contribution in [0.2, 0.25) is 0 Å². The van der Waals surface area contributed by atoms with Crippen LogP contribution in [0.25, 0.3) is 0 Å². The van der Waals surface area contributed by atoms with Crippen LogP contribution >= 0.6 is 0 Å². The largest absolute Gasteiger partial charge is 0.418 e. The van der Waals surface area contributed by atoms with Crippen molar-refractivity contribution in [2.24, 2.45) is 5.41 Å². The molecule has 0 aromatic rings. The Bertz CT molecular complexity index is 373. The monoisotopic (exact) mass is 268 g/mol. The van der Waals surface area contributed by atoms with Crippen molar-refractivity contribution in [1.29, 1.82) is 0 Å². The lowest BCUT2D eigenvalue weighted by Gasteiger charge is -2.43. The molecule has 0 bridgehead atoms. The van der Waals surface area contributed by atoms with E-state index in [0.29, 0.717) is 25.7 Å². The molecule has 0 saturated carbocycles. The lowest BCUT2D eigenvalue weighted by Crippen LogP contribution is -2.54. The van der Waals surface area contributed by atoms with Crippen molar-refractivity contribution in [2.45, 2.75) is 52.2 Å². The molecule has 0 unspecified atom stereocenters. The van der Waals surface area contributed by atoms with E-state index < -0.39 is 23.1 Å². The normalized spacial score (nSPS) is 18.5. The summed E-state index contributed by atoms with van der Waals surface area (Å²) in [6.45, 7) is 5.51. The Labute approximate surface area is 112 Å². The maximum absolute atomic E-state index is 11.7. The number of esters is 2. The first-order valence-corrected chi connectivity index (χ1v) is 6.59. The molecule has 19 heavy (non-hydrogen) atoms. The molecule has 0 atom stereocenters. The van der Waals surface area contributed by atoms with E-state index >= 15 is 0 Å². The zero-order chi connectivity index (χ0) is 14.5. The fourth-order valence-electron chi connectivity index (χ4n) is 2.48. The second kappa shape index (κ2) is 5.99. The molecule has 1 aliphatic heterocycles. The minimum Gasteiger partial charge on any atom is -0.418 e. The summed E-state index contributed by atoms with van der Waals surface area (Å²) in [7, 11) is 0. The van der Waals surface area contributed by atoms with E-state index in [1.807, 2.05) is 20.8 Å². The van der Waals surface area contributed by atoms with Crippen molar-refractivity contribution in [1.82, 2.24) is 0 Å². The molecule has 0 spiro atoms. The predicted molar refractivity (Wildman–Crippen MR) is 68.0 cm³/mol. The lowest BCUT2D eigenvalue weighted by atomic mass is 9.73. The van der Waals surface area contributed by atoms with Crippen LogP contribution in [0.5, 0.6) is 0 Å². The molecule has 0 aliphatic carbocycles. The van der Waals surface area contributed by atoms with Gasteiger partial charge in [-0.2, -0.15) is 0 Å². The highest BCUT2D eigenvalue weighted by Gasteiger charge is 2.55. The quantitative estimate of drug-likeness (QED) is 0.545. The highest BCUT2D eigenvalue weighted by molar-refractivity contribution is 5.93. The van der Waals surface area contributed by atoms with Crippen LogP contribution in [0.4, 0.5) is 0 Å². The molecule has 0 N–H and O–H groups in total. The Morgan fingerprint density at radius 1 is 1.11 bits per heavy atom. The summed E-state index contributed by atoms with van der Waals surface area (Å²) in [5, 5.41) is 0. The van der Waals surface area contributed by atoms with Crippen molar-refractivity contribution >= 4 is 18.2 Å². The van der Waals surface area contributed by atoms with E-state index in [0.717, 1.165) is 18.4 Å². The van der Waals surface area contributed by atoms with Gasteiger partial charge in [0.15, 0.2) is 0 Å². The summed E-state index contributed by atoms with van der Waals surface area (Å²) in [4.78, 5) is 34.9. The topological polar surface area (TPSA) is 69.7 Å². The SMILES string of the molecule is CCCC1(C(C=O)(CC)CC)OC(=O)C=CC(=O)O1. The number of ether oxygens (including phenoxy) is 2. The van der Waals surface area contributed by atoms with Crippen LogP contribution in [0, 0.1) is 5.41 Å². The Morgan fingerprint density at radius 2 is 1.58 bits per heavy atom. The van der Waals surface area contributed by atoms with Gasteiger partial charge in [0.1, 0.15) is 11.7 Å². The third-order valence-corrected chi connectivity index (χ3v) is 3.71. The van der Waals surface area contributed by atoms with Crippen molar-refractivity contribution in [3.63, 3.8) is 0 Å². The molecule has 0 radical (unpaired) electrons. The van der Waals surface area contributed by atoms with E-state index in [1.54, 1.807) is 0 Å². The Kier molecular flexibility index (Phi) is 4.86. The Morgan fingerprint density at radius 3 is 1.89 bits per heavy atom. The molecule has 106 valence electrons. The average molecular weight is 268 g/mol. The number of hydrogen-bond acceptors (Lipinski definition) is 5. The van der Waals surface area contributed by atoms with Crippen LogP contribution in [0.3, 0.4) is 0 Å². The minimum absolute atomic E-state index is 0.298. The number of aldehydes is 1. The molecule has 5 heteroatoms. The summed E-state index contributed by atoms with van der Waals surface area (Å²) in [5.41, 5.74) is -1.01. The van der Waals surface area contributed by atoms with E-state index in [2.05, 4.69) is 0 Å². The zero-order valence-corrected chi connectivity index (χ0v) is 11.6. The van der Waals surface area contributed by atoms with Gasteiger partial charge in [-0.15, -0.1) is 0 Å². The van der Waals surface area contributed by atoms with Crippen molar-refractivity contribution in [3.05, 3.63) is 12.2 Å². The number of carbonyl (C=O) groups excluding carboxylic acids is 3. The summed E-state index contributed by atoms with van der Waals surface area (Å²) >= 11 is 0. The third kappa shape index (κ3) is 2.69. The lowest BCUT2D eigenvalue weighted by molar-refractivity contribution is -0.263. The van der Waals surface area contributed by atoms with Gasteiger partial charge in [-0.25, -0.2) is 9.59 Å². The van der Waals surface area contributed by atoms with Gasteiger partial charge >= 0.3 is 11.9 Å². The van der Waals surface area contributed by atoms with Crippen molar-refractivity contribution in [2.75, 3.05) is 0 Å². The van der Waals surface area contributed by atoms with E-state index in [1.165, 1.54) is 0 Å². The molecule has 0 aromatic carbocycles. The standard InChI is InChI=1S/C14H20O5/c1-4-9-14(13(5-2,6-3)10-15)18-11(16)7-8-12(17)19-14/h7-8,10H,4-6,9H2,1-3H3. The summed E-state index contributed by atoms with van der Waals surface area (Å²) in [6, 6.07) is 0. The van der Waals surface area contributed by atoms with Crippen LogP contribution in [-0.2, 0) is 23.9 Å². The van der Waals surface area contributed by atoms with E-state index in [9.17, 15) is 14.4 Å². The van der Waals surface area contributed by atoms with Crippen LogP contribution in [-0.4, -0.2) is 24.0 Å². The smallest absolute Gasteiger partial charge is 0.334 e. The Hall–Kier alpha value is -1.65. The molecule has 5 nitrogen and oxygen atoms in total. The van der Waals surface area contributed by atoms with E-state index in [4.69, 9.17) is 9.47 Å². The van der Waals surface area contributed by atoms with Gasteiger partial charge in [0.25, 0.3) is 5.79 Å². The third-order valence-electron chi connectivity index (χ3n) is 3.71. The maximum atomic E-state index is 11.7. The molecule has 0 fully saturated rings. The fraction of sp³-hybridized carbons (Fsp3) is 0.643.